The van der Waals surface area contributed by atoms with Crippen LogP contribution in [0.15, 0.2) is 66.2 Å². The molecule has 0 aliphatic heterocycles. The van der Waals surface area contributed by atoms with E-state index < -0.39 is 17.7 Å². The minimum absolute atomic E-state index is 0.0389. The molecule has 1 N–H and O–H groups in total. The van der Waals surface area contributed by atoms with E-state index in [1.54, 1.807) is 60.7 Å². The van der Waals surface area contributed by atoms with Crippen molar-refractivity contribution >= 4 is 46.1 Å². The van der Waals surface area contributed by atoms with Crippen molar-refractivity contribution in [1.82, 2.24) is 8.75 Å². The van der Waals surface area contributed by atoms with Crippen LogP contribution in [0.4, 0.5) is 0 Å². The molecule has 0 atom stereocenters. The lowest BCUT2D eigenvalue weighted by Gasteiger charge is -2.16. The lowest BCUT2D eigenvalue weighted by molar-refractivity contribution is -0.143. The zero-order valence-electron chi connectivity index (χ0n) is 20.9. The number of aliphatic carboxylic acids is 1. The van der Waals surface area contributed by atoms with Crippen molar-refractivity contribution in [3.63, 3.8) is 0 Å². The average Bonchev–Trinajstić information content (AvgIpc) is 3.39. The number of aromatic nitrogens is 2. The van der Waals surface area contributed by atoms with Crippen LogP contribution in [0.2, 0.25) is 0 Å². The molecule has 0 saturated carbocycles. The predicted octanol–water partition coefficient (Wildman–Crippen LogP) is 4.52. The Hall–Kier alpha value is -4.57. The first-order valence-electron chi connectivity index (χ1n) is 11.5. The molecular formula is C28H24N2O7S. The quantitative estimate of drug-likeness (QED) is 0.178. The molecule has 38 heavy (non-hydrogen) atoms. The number of nitrogens with zero attached hydrogens (tertiary/aromatic N) is 2. The molecule has 0 aliphatic carbocycles. The SMILES string of the molecule is COC(=O)COc1cc(OC)ccc1CC(C(=O)c1ccc(C)cc1)=C(C(=O)O)c1ccc2nsnc2c1. The molecule has 0 amide bonds. The van der Waals surface area contributed by atoms with E-state index in [1.165, 1.54) is 14.2 Å². The molecule has 194 valence electrons. The van der Waals surface area contributed by atoms with Gasteiger partial charge in [-0.1, -0.05) is 42.0 Å². The van der Waals surface area contributed by atoms with Gasteiger partial charge in [-0.3, -0.25) is 4.79 Å². The van der Waals surface area contributed by atoms with Crippen LogP contribution in [-0.2, 0) is 20.7 Å². The third kappa shape index (κ3) is 5.87. The molecule has 10 heteroatoms. The first-order valence-corrected chi connectivity index (χ1v) is 12.2. The van der Waals surface area contributed by atoms with Gasteiger partial charge in [0.1, 0.15) is 22.5 Å². The molecule has 0 radical (unpaired) electrons. The van der Waals surface area contributed by atoms with Gasteiger partial charge >= 0.3 is 11.9 Å². The fraction of sp³-hybridized carbons (Fsp3) is 0.179. The standard InChI is InChI=1S/C28H24N2O7S/c1-16-4-6-17(7-5-16)27(32)21(26(28(33)34)19-9-11-22-23(13-19)30-38-29-22)12-18-8-10-20(35-2)14-24(18)37-15-25(31)36-3/h4-11,13-14H,12,15H2,1-3H3,(H,33,34). The lowest BCUT2D eigenvalue weighted by Crippen LogP contribution is -2.16. The predicted molar refractivity (Wildman–Crippen MR) is 142 cm³/mol. The third-order valence-electron chi connectivity index (χ3n) is 5.86. The number of fused-ring (bicyclic) bond motifs is 1. The number of carboxylic acid groups (broad SMARTS) is 1. The molecule has 9 nitrogen and oxygen atoms in total. The molecule has 0 aliphatic rings. The van der Waals surface area contributed by atoms with Crippen LogP contribution in [0, 0.1) is 6.92 Å². The zero-order chi connectivity index (χ0) is 27.2. The van der Waals surface area contributed by atoms with Crippen LogP contribution < -0.4 is 9.47 Å². The molecular weight excluding hydrogens is 508 g/mol. The molecule has 0 saturated heterocycles. The minimum atomic E-state index is -1.27. The summed E-state index contributed by atoms with van der Waals surface area (Å²) < 4.78 is 24.0. The Balaban J connectivity index is 1.89. The molecule has 0 bridgehead atoms. The number of rotatable bonds is 10. The maximum atomic E-state index is 13.9. The van der Waals surface area contributed by atoms with Crippen LogP contribution in [0.3, 0.4) is 0 Å². The Morgan fingerprint density at radius 3 is 2.29 bits per heavy atom. The van der Waals surface area contributed by atoms with Crippen LogP contribution in [0.25, 0.3) is 16.6 Å². The minimum Gasteiger partial charge on any atom is -0.497 e. The number of carbonyl (C=O) groups excluding carboxylic acids is 2. The molecule has 1 heterocycles. The summed E-state index contributed by atoms with van der Waals surface area (Å²) in [5.41, 5.74) is 3.13. The number of aryl methyl sites for hydroxylation is 1. The van der Waals surface area contributed by atoms with Crippen molar-refractivity contribution in [2.24, 2.45) is 0 Å². The number of ketones is 1. The Labute approximate surface area is 222 Å². The number of ether oxygens (including phenoxy) is 3. The highest BCUT2D eigenvalue weighted by atomic mass is 32.1. The molecule has 0 spiro atoms. The fourth-order valence-corrected chi connectivity index (χ4v) is 4.37. The van der Waals surface area contributed by atoms with E-state index in [1.807, 2.05) is 6.92 Å². The fourth-order valence-electron chi connectivity index (χ4n) is 3.85. The average molecular weight is 533 g/mol. The van der Waals surface area contributed by atoms with E-state index in [2.05, 4.69) is 13.5 Å². The van der Waals surface area contributed by atoms with E-state index in [4.69, 9.17) is 9.47 Å². The van der Waals surface area contributed by atoms with E-state index in [9.17, 15) is 19.5 Å². The van der Waals surface area contributed by atoms with Gasteiger partial charge in [0.15, 0.2) is 12.4 Å². The normalized spacial score (nSPS) is 11.6. The van der Waals surface area contributed by atoms with Crippen LogP contribution in [0.1, 0.15) is 27.0 Å². The summed E-state index contributed by atoms with van der Waals surface area (Å²) >= 11 is 1.02. The van der Waals surface area contributed by atoms with Gasteiger partial charge in [0.05, 0.1) is 31.5 Å². The number of methoxy groups -OCH3 is 2. The number of allylic oxidation sites excluding steroid dienone is 1. The van der Waals surface area contributed by atoms with Crippen LogP contribution in [0.5, 0.6) is 11.5 Å². The van der Waals surface area contributed by atoms with E-state index in [-0.39, 0.29) is 29.9 Å². The monoisotopic (exact) mass is 532 g/mol. The molecule has 3 aromatic carbocycles. The summed E-state index contributed by atoms with van der Waals surface area (Å²) in [6.07, 6.45) is -0.0950. The van der Waals surface area contributed by atoms with Gasteiger partial charge in [-0.25, -0.2) is 9.59 Å². The maximum absolute atomic E-state index is 13.9. The second kappa shape index (κ2) is 11.7. The van der Waals surface area contributed by atoms with Gasteiger partial charge in [-0.05, 0) is 36.2 Å². The zero-order valence-corrected chi connectivity index (χ0v) is 21.7. The highest BCUT2D eigenvalue weighted by Crippen LogP contribution is 2.32. The summed E-state index contributed by atoms with van der Waals surface area (Å²) in [5.74, 6) is -1.60. The summed E-state index contributed by atoms with van der Waals surface area (Å²) in [6.45, 7) is 1.52. The molecule has 4 aromatic rings. The number of esters is 1. The van der Waals surface area contributed by atoms with Crippen molar-refractivity contribution in [1.29, 1.82) is 0 Å². The van der Waals surface area contributed by atoms with Crippen molar-refractivity contribution < 1.29 is 33.7 Å². The van der Waals surface area contributed by atoms with Gasteiger partial charge in [-0.15, -0.1) is 0 Å². The first kappa shape index (κ1) is 26.5. The van der Waals surface area contributed by atoms with Crippen molar-refractivity contribution in [2.45, 2.75) is 13.3 Å². The van der Waals surface area contributed by atoms with Gasteiger partial charge in [0, 0.05) is 23.6 Å². The Morgan fingerprint density at radius 2 is 1.61 bits per heavy atom. The number of Topliss-reactive ketones (excluding diaryl/α,β-unsaturated/α-hetero) is 1. The number of carbonyl (C=O) groups is 3. The van der Waals surface area contributed by atoms with E-state index >= 15 is 0 Å². The topological polar surface area (TPSA) is 125 Å². The number of hydrogen-bond acceptors (Lipinski definition) is 9. The third-order valence-corrected chi connectivity index (χ3v) is 6.42. The highest BCUT2D eigenvalue weighted by Gasteiger charge is 2.26. The summed E-state index contributed by atoms with van der Waals surface area (Å²) in [5, 5.41) is 10.3. The van der Waals surface area contributed by atoms with E-state index in [0.29, 0.717) is 33.5 Å². The summed E-state index contributed by atoms with van der Waals surface area (Å²) in [7, 11) is 2.73. The summed E-state index contributed by atoms with van der Waals surface area (Å²) in [6, 6.07) is 16.7. The van der Waals surface area contributed by atoms with Gasteiger partial charge < -0.3 is 19.3 Å². The molecule has 0 fully saturated rings. The lowest BCUT2D eigenvalue weighted by atomic mass is 9.89. The van der Waals surface area contributed by atoms with Crippen molar-refractivity contribution in [2.75, 3.05) is 20.8 Å². The smallest absolute Gasteiger partial charge is 0.343 e. The second-order valence-corrected chi connectivity index (χ2v) is 8.87. The Bertz CT molecular complexity index is 1540. The van der Waals surface area contributed by atoms with Crippen molar-refractivity contribution in [3.8, 4) is 11.5 Å². The first-order chi connectivity index (χ1) is 18.3. The summed E-state index contributed by atoms with van der Waals surface area (Å²) in [4.78, 5) is 38.3. The Morgan fingerprint density at radius 1 is 0.895 bits per heavy atom. The van der Waals surface area contributed by atoms with Gasteiger partial charge in [0.2, 0.25) is 0 Å². The molecule has 0 unspecified atom stereocenters. The number of carboxylic acids is 1. The molecule has 1 aromatic heterocycles. The second-order valence-electron chi connectivity index (χ2n) is 8.34. The van der Waals surface area contributed by atoms with E-state index in [0.717, 1.165) is 17.3 Å². The maximum Gasteiger partial charge on any atom is 0.343 e. The van der Waals surface area contributed by atoms with Crippen molar-refractivity contribution in [3.05, 3.63) is 88.5 Å². The largest absolute Gasteiger partial charge is 0.497 e. The van der Waals surface area contributed by atoms with Crippen LogP contribution in [-0.4, -0.2) is 52.4 Å². The van der Waals surface area contributed by atoms with Gasteiger partial charge in [-0.2, -0.15) is 8.75 Å². The Kier molecular flexibility index (Phi) is 8.12. The molecule has 4 rings (SSSR count). The van der Waals surface area contributed by atoms with Crippen LogP contribution >= 0.6 is 11.7 Å². The highest BCUT2D eigenvalue weighted by molar-refractivity contribution is 7.00. The number of hydrogen-bond donors (Lipinski definition) is 1. The number of benzene rings is 3. The van der Waals surface area contributed by atoms with Gasteiger partial charge in [0.25, 0.3) is 0 Å².